The lowest BCUT2D eigenvalue weighted by molar-refractivity contribution is -0.127. The third-order valence-electron chi connectivity index (χ3n) is 6.16. The summed E-state index contributed by atoms with van der Waals surface area (Å²) >= 11 is 3.49. The highest BCUT2D eigenvalue weighted by atomic mass is 79.9. The largest absolute Gasteiger partial charge is 0.490 e. The van der Waals surface area contributed by atoms with Gasteiger partial charge in [-0.3, -0.25) is 9.59 Å². The maximum absolute atomic E-state index is 13.0. The number of aryl methyl sites for hydroxylation is 1. The molecule has 3 N–H and O–H groups in total. The molecule has 0 radical (unpaired) electrons. The van der Waals surface area contributed by atoms with E-state index in [1.807, 2.05) is 26.0 Å². The number of carboxylic acid groups (broad SMARTS) is 1. The zero-order chi connectivity index (χ0) is 29.5. The summed E-state index contributed by atoms with van der Waals surface area (Å²) in [6.45, 7) is 3.85. The molecule has 0 spiro atoms. The summed E-state index contributed by atoms with van der Waals surface area (Å²) in [5.74, 6) is -1.31. The Morgan fingerprint density at radius 2 is 1.78 bits per heavy atom. The lowest BCUT2D eigenvalue weighted by Gasteiger charge is -2.15. The lowest BCUT2D eigenvalue weighted by Crippen LogP contribution is -2.38. The minimum Gasteiger partial charge on any atom is -0.490 e. The van der Waals surface area contributed by atoms with E-state index in [0.29, 0.717) is 33.8 Å². The normalized spacial score (nSPS) is 13.7. The molecule has 0 atom stereocenters. The molecule has 1 heterocycles. The van der Waals surface area contributed by atoms with Crippen LogP contribution in [0.5, 0.6) is 11.5 Å². The Kier molecular flexibility index (Phi) is 9.41. The van der Waals surface area contributed by atoms with E-state index in [-0.39, 0.29) is 17.9 Å². The minimum atomic E-state index is -1.01. The van der Waals surface area contributed by atoms with Gasteiger partial charge in [0.05, 0.1) is 16.6 Å². The maximum Gasteiger partial charge on any atom is 0.335 e. The minimum absolute atomic E-state index is 0.0123. The number of carbonyl (C=O) groups is 4. The van der Waals surface area contributed by atoms with Crippen molar-refractivity contribution in [3.05, 3.63) is 93.1 Å². The summed E-state index contributed by atoms with van der Waals surface area (Å²) in [6.07, 6.45) is 2.21. The molecule has 0 bridgehead atoms. The summed E-state index contributed by atoms with van der Waals surface area (Å²) in [6, 6.07) is 16.3. The first kappa shape index (κ1) is 29.3. The van der Waals surface area contributed by atoms with Crippen LogP contribution in [-0.2, 0) is 22.6 Å². The fourth-order valence-electron chi connectivity index (χ4n) is 4.14. The van der Waals surface area contributed by atoms with Crippen LogP contribution in [0, 0.1) is 0 Å². The van der Waals surface area contributed by atoms with Crippen LogP contribution in [0.3, 0.4) is 0 Å². The highest BCUT2D eigenvalue weighted by Gasteiger charge is 2.35. The van der Waals surface area contributed by atoms with Gasteiger partial charge in [-0.2, -0.15) is 0 Å². The van der Waals surface area contributed by atoms with Gasteiger partial charge in [-0.25, -0.2) is 14.5 Å². The summed E-state index contributed by atoms with van der Waals surface area (Å²) in [7, 11) is 0. The van der Waals surface area contributed by atoms with E-state index in [2.05, 4.69) is 26.6 Å². The summed E-state index contributed by atoms with van der Waals surface area (Å²) in [5, 5.41) is 14.4. The number of rotatable bonds is 11. The van der Waals surface area contributed by atoms with E-state index >= 15 is 0 Å². The van der Waals surface area contributed by atoms with E-state index in [9.17, 15) is 19.2 Å². The Bertz CT molecular complexity index is 1520. The Morgan fingerprint density at radius 1 is 1.05 bits per heavy atom. The zero-order valence-corrected chi connectivity index (χ0v) is 24.0. The first-order valence-electron chi connectivity index (χ1n) is 12.8. The van der Waals surface area contributed by atoms with Crippen LogP contribution in [0.1, 0.15) is 40.9 Å². The fourth-order valence-corrected chi connectivity index (χ4v) is 4.71. The molecule has 1 saturated heterocycles. The fraction of sp³-hybridized carbons (Fsp3) is 0.200. The van der Waals surface area contributed by atoms with Gasteiger partial charge in [0.2, 0.25) is 5.91 Å². The van der Waals surface area contributed by atoms with Crippen molar-refractivity contribution < 1.29 is 33.8 Å². The second-order valence-corrected chi connectivity index (χ2v) is 9.85. The third kappa shape index (κ3) is 7.12. The number of aromatic carboxylic acids is 1. The van der Waals surface area contributed by atoms with Gasteiger partial charge in [0.25, 0.3) is 5.91 Å². The van der Waals surface area contributed by atoms with Crippen molar-refractivity contribution >= 4 is 51.5 Å². The highest BCUT2D eigenvalue weighted by Crippen LogP contribution is 2.38. The molecule has 0 aromatic heterocycles. The molecule has 3 aromatic rings. The number of amides is 4. The molecule has 212 valence electrons. The molecule has 4 amide bonds. The van der Waals surface area contributed by atoms with Crippen molar-refractivity contribution in [2.45, 2.75) is 26.9 Å². The number of benzene rings is 3. The van der Waals surface area contributed by atoms with Crippen LogP contribution in [0.25, 0.3) is 6.08 Å². The lowest BCUT2D eigenvalue weighted by atomic mass is 10.1. The Balaban J connectivity index is 1.48. The zero-order valence-electron chi connectivity index (χ0n) is 22.4. The van der Waals surface area contributed by atoms with Gasteiger partial charge in [-0.05, 0) is 82.4 Å². The number of nitrogens with one attached hydrogen (secondary N) is 2. The molecular formula is C30H28BrN3O7. The number of halogens is 1. The molecule has 0 unspecified atom stereocenters. The van der Waals surface area contributed by atoms with Gasteiger partial charge in [-0.15, -0.1) is 0 Å². The summed E-state index contributed by atoms with van der Waals surface area (Å²) < 4.78 is 12.3. The second-order valence-electron chi connectivity index (χ2n) is 8.99. The number of nitrogens with zero attached hydrogens (tertiary/aromatic N) is 1. The molecule has 11 heteroatoms. The maximum atomic E-state index is 13.0. The van der Waals surface area contributed by atoms with Crippen LogP contribution < -0.4 is 20.1 Å². The third-order valence-corrected chi connectivity index (χ3v) is 6.75. The van der Waals surface area contributed by atoms with Crippen molar-refractivity contribution in [3.8, 4) is 11.5 Å². The Labute approximate surface area is 245 Å². The number of anilines is 1. The highest BCUT2D eigenvalue weighted by molar-refractivity contribution is 9.10. The number of imide groups is 1. The number of carboxylic acids is 1. The first-order chi connectivity index (χ1) is 19.7. The van der Waals surface area contributed by atoms with E-state index in [0.717, 1.165) is 22.4 Å². The molecule has 10 nitrogen and oxygen atoms in total. The van der Waals surface area contributed by atoms with E-state index in [1.54, 1.807) is 36.4 Å². The van der Waals surface area contributed by atoms with Crippen molar-refractivity contribution in [2.75, 3.05) is 18.5 Å². The number of carbonyl (C=O) groups excluding carboxylic acids is 3. The van der Waals surface area contributed by atoms with Gasteiger partial charge >= 0.3 is 12.0 Å². The number of hydrogen-bond acceptors (Lipinski definition) is 6. The van der Waals surface area contributed by atoms with Gasteiger partial charge in [0, 0.05) is 5.69 Å². The molecular weight excluding hydrogens is 594 g/mol. The van der Waals surface area contributed by atoms with Crippen molar-refractivity contribution in [1.82, 2.24) is 10.2 Å². The first-order valence-corrected chi connectivity index (χ1v) is 13.6. The molecule has 4 rings (SSSR count). The van der Waals surface area contributed by atoms with E-state index in [1.165, 1.54) is 18.2 Å². The van der Waals surface area contributed by atoms with Crippen LogP contribution in [0.2, 0.25) is 0 Å². The molecule has 3 aromatic carbocycles. The van der Waals surface area contributed by atoms with Crippen LogP contribution in [-0.4, -0.2) is 47.0 Å². The second kappa shape index (κ2) is 13.1. The number of para-hydroxylation sites is 1. The van der Waals surface area contributed by atoms with Crippen LogP contribution in [0.15, 0.2) is 70.8 Å². The predicted molar refractivity (Wildman–Crippen MR) is 156 cm³/mol. The topological polar surface area (TPSA) is 134 Å². The van der Waals surface area contributed by atoms with Crippen molar-refractivity contribution in [2.24, 2.45) is 0 Å². The number of hydrogen-bond donors (Lipinski definition) is 3. The Hall–Kier alpha value is -4.64. The summed E-state index contributed by atoms with van der Waals surface area (Å²) in [5.41, 5.74) is 3.08. The van der Waals surface area contributed by atoms with E-state index in [4.69, 9.17) is 14.6 Å². The van der Waals surface area contributed by atoms with Gasteiger partial charge in [-0.1, -0.05) is 37.3 Å². The molecule has 1 aliphatic heterocycles. The van der Waals surface area contributed by atoms with Gasteiger partial charge in [0.15, 0.2) is 11.5 Å². The smallest absolute Gasteiger partial charge is 0.335 e. The van der Waals surface area contributed by atoms with Crippen LogP contribution >= 0.6 is 15.9 Å². The molecule has 1 aliphatic rings. The quantitative estimate of drug-likeness (QED) is 0.197. The van der Waals surface area contributed by atoms with Crippen LogP contribution in [0.4, 0.5) is 10.5 Å². The standard InChI is InChI=1S/C30H28BrN3O7/c1-3-20-7-5-6-8-23(20)32-26(35)16-34-28(36)24(33-30(34)39)14-19-13-22(31)27(25(15-19)40-4-2)41-17-18-9-11-21(12-10-18)29(37)38/h5-15H,3-4,16-17H2,1-2H3,(H,32,35)(H,33,39)(H,37,38)/b24-14+. The molecule has 1 fully saturated rings. The van der Waals surface area contributed by atoms with E-state index < -0.39 is 30.4 Å². The van der Waals surface area contributed by atoms with Crippen molar-refractivity contribution in [3.63, 3.8) is 0 Å². The number of urea groups is 1. The van der Waals surface area contributed by atoms with Gasteiger partial charge in [0.1, 0.15) is 18.8 Å². The average Bonchev–Trinajstić information content (AvgIpc) is 3.20. The summed E-state index contributed by atoms with van der Waals surface area (Å²) in [4.78, 5) is 50.1. The van der Waals surface area contributed by atoms with Crippen molar-refractivity contribution in [1.29, 1.82) is 0 Å². The molecule has 0 saturated carbocycles. The predicted octanol–water partition coefficient (Wildman–Crippen LogP) is 5.22. The molecule has 0 aliphatic carbocycles. The SMILES string of the molecule is CCOc1cc(/C=C2/NC(=O)N(CC(=O)Nc3ccccc3CC)C2=O)cc(Br)c1OCc1ccc(C(=O)O)cc1. The number of ether oxygens (including phenoxy) is 2. The Morgan fingerprint density at radius 3 is 2.46 bits per heavy atom. The molecule has 41 heavy (non-hydrogen) atoms. The van der Waals surface area contributed by atoms with Gasteiger partial charge < -0.3 is 25.2 Å². The monoisotopic (exact) mass is 621 g/mol. The average molecular weight is 622 g/mol.